The Morgan fingerprint density at radius 3 is 2.68 bits per heavy atom. The second-order valence-electron chi connectivity index (χ2n) is 6.41. The maximum atomic E-state index is 13.6. The lowest BCUT2D eigenvalue weighted by Crippen LogP contribution is -2.37. The maximum absolute atomic E-state index is 13.6. The van der Waals surface area contributed by atoms with Crippen molar-refractivity contribution in [1.29, 1.82) is 0 Å². The Labute approximate surface area is 129 Å². The largest absolute Gasteiger partial charge is 0.481 e. The fourth-order valence-electron chi connectivity index (χ4n) is 2.83. The van der Waals surface area contributed by atoms with E-state index in [1.165, 1.54) is 6.07 Å². The first kappa shape index (κ1) is 16.5. The summed E-state index contributed by atoms with van der Waals surface area (Å²) in [7, 11) is 0. The van der Waals surface area contributed by atoms with Crippen molar-refractivity contribution in [3.63, 3.8) is 0 Å². The SMILES string of the molecule is C[C@H](CCc1ccccc1F)C(=O)N1CC[C@@](C)(C(=O)O)C1. The molecule has 1 aliphatic heterocycles. The van der Waals surface area contributed by atoms with Crippen LogP contribution in [0.1, 0.15) is 32.3 Å². The number of rotatable bonds is 5. The topological polar surface area (TPSA) is 57.6 Å². The van der Waals surface area contributed by atoms with Crippen molar-refractivity contribution in [1.82, 2.24) is 4.90 Å². The summed E-state index contributed by atoms with van der Waals surface area (Å²) >= 11 is 0. The number of halogens is 1. The number of hydrogen-bond donors (Lipinski definition) is 1. The molecule has 1 aromatic rings. The minimum Gasteiger partial charge on any atom is -0.481 e. The fourth-order valence-corrected chi connectivity index (χ4v) is 2.83. The van der Waals surface area contributed by atoms with E-state index in [-0.39, 0.29) is 24.2 Å². The van der Waals surface area contributed by atoms with Gasteiger partial charge in [0.15, 0.2) is 0 Å². The van der Waals surface area contributed by atoms with E-state index in [4.69, 9.17) is 0 Å². The van der Waals surface area contributed by atoms with Crippen LogP contribution in [-0.2, 0) is 16.0 Å². The third kappa shape index (κ3) is 3.46. The molecule has 22 heavy (non-hydrogen) atoms. The number of benzene rings is 1. The quantitative estimate of drug-likeness (QED) is 0.910. The molecule has 1 fully saturated rings. The Kier molecular flexibility index (Phi) is 4.84. The molecule has 0 unspecified atom stereocenters. The van der Waals surface area contributed by atoms with Crippen LogP contribution in [-0.4, -0.2) is 35.0 Å². The van der Waals surface area contributed by atoms with E-state index in [2.05, 4.69) is 0 Å². The van der Waals surface area contributed by atoms with Gasteiger partial charge >= 0.3 is 5.97 Å². The molecule has 1 aromatic carbocycles. The molecule has 2 atom stereocenters. The van der Waals surface area contributed by atoms with Crippen LogP contribution >= 0.6 is 0 Å². The smallest absolute Gasteiger partial charge is 0.311 e. The molecule has 2 rings (SSSR count). The molecule has 1 saturated heterocycles. The summed E-state index contributed by atoms with van der Waals surface area (Å²) in [5, 5.41) is 9.21. The summed E-state index contributed by atoms with van der Waals surface area (Å²) in [5.74, 6) is -1.39. The second kappa shape index (κ2) is 6.46. The van der Waals surface area contributed by atoms with Crippen molar-refractivity contribution in [3.8, 4) is 0 Å². The van der Waals surface area contributed by atoms with Crippen LogP contribution in [0, 0.1) is 17.2 Å². The molecule has 1 aliphatic rings. The Morgan fingerprint density at radius 2 is 2.09 bits per heavy atom. The summed E-state index contributed by atoms with van der Waals surface area (Å²) in [5.41, 5.74) is -0.236. The number of carboxylic acids is 1. The van der Waals surface area contributed by atoms with E-state index in [1.807, 2.05) is 6.92 Å². The van der Waals surface area contributed by atoms with Crippen LogP contribution in [0.15, 0.2) is 24.3 Å². The van der Waals surface area contributed by atoms with Crippen LogP contribution in [0.2, 0.25) is 0 Å². The number of hydrogen-bond acceptors (Lipinski definition) is 2. The molecule has 120 valence electrons. The number of amides is 1. The predicted molar refractivity (Wildman–Crippen MR) is 80.8 cm³/mol. The first-order valence-electron chi connectivity index (χ1n) is 7.59. The van der Waals surface area contributed by atoms with Crippen LogP contribution in [0.4, 0.5) is 4.39 Å². The van der Waals surface area contributed by atoms with E-state index in [9.17, 15) is 19.1 Å². The van der Waals surface area contributed by atoms with Crippen LogP contribution in [0.3, 0.4) is 0 Å². The molecule has 0 bridgehead atoms. The summed E-state index contributed by atoms with van der Waals surface area (Å²) in [6.07, 6.45) is 1.54. The number of nitrogens with zero attached hydrogens (tertiary/aromatic N) is 1. The minimum absolute atomic E-state index is 0.0404. The van der Waals surface area contributed by atoms with Gasteiger partial charge in [-0.2, -0.15) is 0 Å². The predicted octanol–water partition coefficient (Wildman–Crippen LogP) is 2.72. The highest BCUT2D eigenvalue weighted by atomic mass is 19.1. The van der Waals surface area contributed by atoms with Crippen LogP contribution < -0.4 is 0 Å². The average molecular weight is 307 g/mol. The Balaban J connectivity index is 1.91. The van der Waals surface area contributed by atoms with Gasteiger partial charge < -0.3 is 10.0 Å². The molecule has 0 aromatic heterocycles. The highest BCUT2D eigenvalue weighted by molar-refractivity contribution is 5.81. The summed E-state index contributed by atoms with van der Waals surface area (Å²) < 4.78 is 13.6. The fraction of sp³-hybridized carbons (Fsp3) is 0.529. The van der Waals surface area contributed by atoms with Gasteiger partial charge in [0, 0.05) is 19.0 Å². The third-order valence-corrected chi connectivity index (χ3v) is 4.53. The molecule has 1 N–H and O–H groups in total. The number of carbonyl (C=O) groups is 2. The van der Waals surface area contributed by atoms with Crippen LogP contribution in [0.25, 0.3) is 0 Å². The standard InChI is InChI=1S/C17H22FNO3/c1-12(7-8-13-5-3-4-6-14(13)18)15(20)19-10-9-17(2,11-19)16(21)22/h3-6,12H,7-11H2,1-2H3,(H,21,22)/t12-,17-/m1/s1. The van der Waals surface area contributed by atoms with Crippen molar-refractivity contribution in [3.05, 3.63) is 35.6 Å². The molecule has 1 amide bonds. The van der Waals surface area contributed by atoms with Gasteiger partial charge in [-0.25, -0.2) is 4.39 Å². The number of aryl methyl sites for hydroxylation is 1. The van der Waals surface area contributed by atoms with E-state index in [0.717, 1.165) is 0 Å². The van der Waals surface area contributed by atoms with Gasteiger partial charge in [0.05, 0.1) is 5.41 Å². The number of likely N-dealkylation sites (tertiary alicyclic amines) is 1. The van der Waals surface area contributed by atoms with Gasteiger partial charge in [-0.1, -0.05) is 25.1 Å². The molecule has 1 heterocycles. The van der Waals surface area contributed by atoms with E-state index < -0.39 is 11.4 Å². The molecule has 0 spiro atoms. The van der Waals surface area contributed by atoms with Gasteiger partial charge in [0.1, 0.15) is 5.82 Å². The first-order chi connectivity index (χ1) is 10.3. The Morgan fingerprint density at radius 1 is 1.41 bits per heavy atom. The van der Waals surface area contributed by atoms with E-state index in [1.54, 1.807) is 30.0 Å². The van der Waals surface area contributed by atoms with Crippen molar-refractivity contribution in [2.45, 2.75) is 33.1 Å². The normalized spacial score (nSPS) is 22.6. The molecule has 0 aliphatic carbocycles. The van der Waals surface area contributed by atoms with Gasteiger partial charge in [-0.15, -0.1) is 0 Å². The molecular weight excluding hydrogens is 285 g/mol. The molecule has 0 radical (unpaired) electrons. The second-order valence-corrected chi connectivity index (χ2v) is 6.41. The lowest BCUT2D eigenvalue weighted by atomic mass is 9.90. The summed E-state index contributed by atoms with van der Waals surface area (Å²) in [4.78, 5) is 25.3. The van der Waals surface area contributed by atoms with Crippen molar-refractivity contribution < 1.29 is 19.1 Å². The first-order valence-corrected chi connectivity index (χ1v) is 7.59. The number of carboxylic acid groups (broad SMARTS) is 1. The Hall–Kier alpha value is -1.91. The molecular formula is C17H22FNO3. The van der Waals surface area contributed by atoms with Gasteiger partial charge in [-0.05, 0) is 37.8 Å². The van der Waals surface area contributed by atoms with Crippen LogP contribution in [0.5, 0.6) is 0 Å². The zero-order valence-corrected chi connectivity index (χ0v) is 13.0. The van der Waals surface area contributed by atoms with E-state index >= 15 is 0 Å². The number of aliphatic carboxylic acids is 1. The highest BCUT2D eigenvalue weighted by Crippen LogP contribution is 2.31. The zero-order chi connectivity index (χ0) is 16.3. The lowest BCUT2D eigenvalue weighted by Gasteiger charge is -2.23. The average Bonchev–Trinajstić information content (AvgIpc) is 2.89. The molecule has 4 nitrogen and oxygen atoms in total. The third-order valence-electron chi connectivity index (χ3n) is 4.53. The minimum atomic E-state index is -0.859. The summed E-state index contributed by atoms with van der Waals surface area (Å²) in [6, 6.07) is 6.57. The lowest BCUT2D eigenvalue weighted by molar-refractivity contribution is -0.147. The van der Waals surface area contributed by atoms with Crippen molar-refractivity contribution in [2.24, 2.45) is 11.3 Å². The molecule has 0 saturated carbocycles. The van der Waals surface area contributed by atoms with Crippen molar-refractivity contribution >= 4 is 11.9 Å². The van der Waals surface area contributed by atoms with Gasteiger partial charge in [-0.3, -0.25) is 9.59 Å². The highest BCUT2D eigenvalue weighted by Gasteiger charge is 2.42. The maximum Gasteiger partial charge on any atom is 0.311 e. The zero-order valence-electron chi connectivity index (χ0n) is 13.0. The monoisotopic (exact) mass is 307 g/mol. The van der Waals surface area contributed by atoms with Gasteiger partial charge in [0.25, 0.3) is 0 Å². The van der Waals surface area contributed by atoms with Crippen molar-refractivity contribution in [2.75, 3.05) is 13.1 Å². The summed E-state index contributed by atoms with van der Waals surface area (Å²) in [6.45, 7) is 4.23. The van der Waals surface area contributed by atoms with Gasteiger partial charge in [0.2, 0.25) is 5.91 Å². The Bertz CT molecular complexity index is 575. The van der Waals surface area contributed by atoms with E-state index in [0.29, 0.717) is 31.4 Å². The molecule has 5 heteroatoms. The number of carbonyl (C=O) groups excluding carboxylic acids is 1.